The summed E-state index contributed by atoms with van der Waals surface area (Å²) < 4.78 is 5.76. The maximum absolute atomic E-state index is 12.5. The molecule has 2 amide bonds. The van der Waals surface area contributed by atoms with E-state index in [1.165, 1.54) is 0 Å². The molecule has 0 radical (unpaired) electrons. The molecule has 2 N–H and O–H groups in total. The van der Waals surface area contributed by atoms with Gasteiger partial charge >= 0.3 is 0 Å². The van der Waals surface area contributed by atoms with E-state index in [9.17, 15) is 9.59 Å². The third-order valence-electron chi connectivity index (χ3n) is 4.37. The molecule has 0 aliphatic rings. The minimum absolute atomic E-state index is 0.175. The largest absolute Gasteiger partial charge is 0.481 e. The van der Waals surface area contributed by atoms with Gasteiger partial charge in [-0.1, -0.05) is 48.5 Å². The molecule has 0 heterocycles. The molecule has 5 heteroatoms. The lowest BCUT2D eigenvalue weighted by Gasteiger charge is -2.15. The van der Waals surface area contributed by atoms with Gasteiger partial charge in [0.2, 0.25) is 0 Å². The van der Waals surface area contributed by atoms with Crippen LogP contribution in [0.3, 0.4) is 0 Å². The van der Waals surface area contributed by atoms with Gasteiger partial charge in [0.25, 0.3) is 11.8 Å². The summed E-state index contributed by atoms with van der Waals surface area (Å²) in [5, 5.41) is 5.53. The zero-order valence-electron chi connectivity index (χ0n) is 16.5. The van der Waals surface area contributed by atoms with Crippen LogP contribution in [0.25, 0.3) is 11.1 Å². The van der Waals surface area contributed by atoms with Crippen molar-refractivity contribution in [2.45, 2.75) is 20.0 Å². The summed E-state index contributed by atoms with van der Waals surface area (Å²) in [5.41, 5.74) is 3.25. The summed E-state index contributed by atoms with van der Waals surface area (Å²) in [5.74, 6) is 0.153. The zero-order chi connectivity index (χ0) is 20.6. The highest BCUT2D eigenvalue weighted by atomic mass is 16.5. The molecule has 3 rings (SSSR count). The fourth-order valence-electron chi connectivity index (χ4n) is 2.86. The number of rotatable bonds is 7. The molecule has 3 aromatic carbocycles. The number of hydrogen-bond donors (Lipinski definition) is 2. The van der Waals surface area contributed by atoms with E-state index in [2.05, 4.69) is 10.6 Å². The van der Waals surface area contributed by atoms with Crippen molar-refractivity contribution in [2.75, 3.05) is 11.9 Å². The molecule has 0 spiro atoms. The SMILES string of the molecule is CCNC(=O)c1cccc(NC(=O)C(C)Oc2ccc(-c3ccccc3)cc2)c1. The van der Waals surface area contributed by atoms with Crippen molar-refractivity contribution in [1.82, 2.24) is 5.32 Å². The summed E-state index contributed by atoms with van der Waals surface area (Å²) in [6.45, 7) is 4.09. The normalized spacial score (nSPS) is 11.4. The highest BCUT2D eigenvalue weighted by Crippen LogP contribution is 2.23. The van der Waals surface area contributed by atoms with Gasteiger partial charge in [0.1, 0.15) is 5.75 Å². The van der Waals surface area contributed by atoms with Gasteiger partial charge in [0.05, 0.1) is 0 Å². The number of nitrogens with one attached hydrogen (secondary N) is 2. The third kappa shape index (κ3) is 5.45. The molecular weight excluding hydrogens is 364 g/mol. The number of carbonyl (C=O) groups is 2. The maximum atomic E-state index is 12.5. The summed E-state index contributed by atoms with van der Waals surface area (Å²) >= 11 is 0. The van der Waals surface area contributed by atoms with Crippen LogP contribution in [0.15, 0.2) is 78.9 Å². The quantitative estimate of drug-likeness (QED) is 0.626. The minimum Gasteiger partial charge on any atom is -0.481 e. The molecule has 0 bridgehead atoms. The number of hydrogen-bond acceptors (Lipinski definition) is 3. The lowest BCUT2D eigenvalue weighted by Crippen LogP contribution is -2.30. The monoisotopic (exact) mass is 388 g/mol. The number of ether oxygens (including phenoxy) is 1. The Kier molecular flexibility index (Phi) is 6.63. The van der Waals surface area contributed by atoms with Gasteiger partial charge in [-0.15, -0.1) is 0 Å². The van der Waals surface area contributed by atoms with Crippen LogP contribution in [-0.4, -0.2) is 24.5 Å². The first-order valence-electron chi connectivity index (χ1n) is 9.58. The Bertz CT molecular complexity index is 969. The van der Waals surface area contributed by atoms with E-state index in [0.29, 0.717) is 23.5 Å². The number of anilines is 1. The first-order valence-corrected chi connectivity index (χ1v) is 9.58. The average molecular weight is 388 g/mol. The fourth-order valence-corrected chi connectivity index (χ4v) is 2.86. The Morgan fingerprint density at radius 3 is 2.28 bits per heavy atom. The summed E-state index contributed by atoms with van der Waals surface area (Å²) in [6.07, 6.45) is -0.689. The van der Waals surface area contributed by atoms with Gasteiger partial charge < -0.3 is 15.4 Å². The Balaban J connectivity index is 1.61. The van der Waals surface area contributed by atoms with E-state index in [1.807, 2.05) is 61.5 Å². The van der Waals surface area contributed by atoms with Crippen LogP contribution in [0.1, 0.15) is 24.2 Å². The van der Waals surface area contributed by atoms with Crippen molar-refractivity contribution >= 4 is 17.5 Å². The number of benzene rings is 3. The Morgan fingerprint density at radius 2 is 1.59 bits per heavy atom. The molecule has 0 aliphatic carbocycles. The fraction of sp³-hybridized carbons (Fsp3) is 0.167. The van der Waals surface area contributed by atoms with Crippen LogP contribution in [0.2, 0.25) is 0 Å². The van der Waals surface area contributed by atoms with Crippen LogP contribution < -0.4 is 15.4 Å². The lowest BCUT2D eigenvalue weighted by molar-refractivity contribution is -0.122. The van der Waals surface area contributed by atoms with Gasteiger partial charge in [-0.25, -0.2) is 0 Å². The molecule has 0 fully saturated rings. The number of amides is 2. The molecule has 3 aromatic rings. The Labute approximate surface area is 170 Å². The molecule has 29 heavy (non-hydrogen) atoms. The minimum atomic E-state index is -0.689. The van der Waals surface area contributed by atoms with Gasteiger partial charge in [0, 0.05) is 17.8 Å². The summed E-state index contributed by atoms with van der Waals surface area (Å²) in [6, 6.07) is 24.5. The van der Waals surface area contributed by atoms with Crippen LogP contribution in [0.4, 0.5) is 5.69 Å². The zero-order valence-corrected chi connectivity index (χ0v) is 16.5. The van der Waals surface area contributed by atoms with E-state index < -0.39 is 6.10 Å². The van der Waals surface area contributed by atoms with Crippen LogP contribution in [0.5, 0.6) is 5.75 Å². The van der Waals surface area contributed by atoms with Crippen molar-refractivity contribution in [3.8, 4) is 16.9 Å². The molecule has 5 nitrogen and oxygen atoms in total. The van der Waals surface area contributed by atoms with Crippen molar-refractivity contribution in [3.05, 3.63) is 84.4 Å². The summed E-state index contributed by atoms with van der Waals surface area (Å²) in [7, 11) is 0. The van der Waals surface area contributed by atoms with E-state index in [4.69, 9.17) is 4.74 Å². The topological polar surface area (TPSA) is 67.4 Å². The van der Waals surface area contributed by atoms with Crippen molar-refractivity contribution in [3.63, 3.8) is 0 Å². The van der Waals surface area contributed by atoms with Crippen molar-refractivity contribution < 1.29 is 14.3 Å². The molecule has 0 aromatic heterocycles. The predicted octanol–water partition coefficient (Wildman–Crippen LogP) is 4.51. The van der Waals surface area contributed by atoms with E-state index in [1.54, 1.807) is 31.2 Å². The Morgan fingerprint density at radius 1 is 0.897 bits per heavy atom. The summed E-state index contributed by atoms with van der Waals surface area (Å²) in [4.78, 5) is 24.4. The Hall–Kier alpha value is -3.60. The highest BCUT2D eigenvalue weighted by Gasteiger charge is 2.16. The van der Waals surface area contributed by atoms with Crippen LogP contribution in [-0.2, 0) is 4.79 Å². The average Bonchev–Trinajstić information content (AvgIpc) is 2.75. The first-order chi connectivity index (χ1) is 14.1. The van der Waals surface area contributed by atoms with Crippen molar-refractivity contribution in [1.29, 1.82) is 0 Å². The van der Waals surface area contributed by atoms with Crippen LogP contribution in [0, 0.1) is 0 Å². The third-order valence-corrected chi connectivity index (χ3v) is 4.37. The van der Waals surface area contributed by atoms with Gasteiger partial charge in [-0.3, -0.25) is 9.59 Å². The second-order valence-corrected chi connectivity index (χ2v) is 6.58. The van der Waals surface area contributed by atoms with E-state index in [0.717, 1.165) is 11.1 Å². The van der Waals surface area contributed by atoms with Crippen molar-refractivity contribution in [2.24, 2.45) is 0 Å². The molecule has 1 unspecified atom stereocenters. The molecule has 0 saturated carbocycles. The van der Waals surface area contributed by atoms with E-state index >= 15 is 0 Å². The molecule has 148 valence electrons. The maximum Gasteiger partial charge on any atom is 0.265 e. The predicted molar refractivity (Wildman–Crippen MR) is 115 cm³/mol. The van der Waals surface area contributed by atoms with Crippen LogP contribution >= 0.6 is 0 Å². The molecule has 0 aliphatic heterocycles. The number of carbonyl (C=O) groups excluding carboxylic acids is 2. The second kappa shape index (κ2) is 9.55. The molecular formula is C24H24N2O3. The standard InChI is InChI=1S/C24H24N2O3/c1-3-25-24(28)20-10-7-11-21(16-20)26-23(27)17(2)29-22-14-12-19(13-15-22)18-8-5-4-6-9-18/h4-17H,3H2,1-2H3,(H,25,28)(H,26,27). The van der Waals surface area contributed by atoms with Gasteiger partial charge in [-0.05, 0) is 55.3 Å². The molecule has 0 saturated heterocycles. The van der Waals surface area contributed by atoms with Gasteiger partial charge in [-0.2, -0.15) is 0 Å². The second-order valence-electron chi connectivity index (χ2n) is 6.58. The van der Waals surface area contributed by atoms with E-state index in [-0.39, 0.29) is 11.8 Å². The lowest BCUT2D eigenvalue weighted by atomic mass is 10.1. The molecule has 1 atom stereocenters. The smallest absolute Gasteiger partial charge is 0.265 e. The first kappa shape index (κ1) is 20.1. The highest BCUT2D eigenvalue weighted by molar-refractivity contribution is 5.98. The van der Waals surface area contributed by atoms with Gasteiger partial charge in [0.15, 0.2) is 6.10 Å².